The van der Waals surface area contributed by atoms with E-state index in [9.17, 15) is 0 Å². The van der Waals surface area contributed by atoms with Gasteiger partial charge in [0.25, 0.3) is 0 Å². The van der Waals surface area contributed by atoms with Crippen LogP contribution in [0.15, 0.2) is 12.2 Å². The van der Waals surface area contributed by atoms with Gasteiger partial charge in [-0.2, -0.15) is 5.26 Å². The highest BCUT2D eigenvalue weighted by Gasteiger charge is 2.32. The lowest BCUT2D eigenvalue weighted by Gasteiger charge is -2.17. The van der Waals surface area contributed by atoms with Crippen molar-refractivity contribution in [1.29, 1.82) is 5.26 Å². The molecule has 0 aromatic rings. The second-order valence-corrected chi connectivity index (χ2v) is 4.91. The summed E-state index contributed by atoms with van der Waals surface area (Å²) < 4.78 is 5.77. The lowest BCUT2D eigenvalue weighted by atomic mass is 9.87. The molecule has 1 aliphatic rings. The molecule has 1 fully saturated rings. The molecule has 0 aromatic heterocycles. The molecule has 1 rings (SSSR count). The van der Waals surface area contributed by atoms with E-state index < -0.39 is 0 Å². The lowest BCUT2D eigenvalue weighted by Crippen LogP contribution is -2.17. The van der Waals surface area contributed by atoms with Crippen molar-refractivity contribution in [1.82, 2.24) is 0 Å². The van der Waals surface area contributed by atoms with Crippen LogP contribution in [0.2, 0.25) is 0 Å². The van der Waals surface area contributed by atoms with Gasteiger partial charge in [-0.1, -0.05) is 39.3 Å². The van der Waals surface area contributed by atoms with Crippen LogP contribution >= 0.6 is 0 Å². The van der Waals surface area contributed by atoms with Crippen molar-refractivity contribution in [3.05, 3.63) is 12.2 Å². The van der Waals surface area contributed by atoms with E-state index in [0.29, 0.717) is 24.2 Å². The fraction of sp³-hybridized carbons (Fsp3) is 0.786. The van der Waals surface area contributed by atoms with Crippen LogP contribution in [-0.4, -0.2) is 12.7 Å². The maximum absolute atomic E-state index is 8.65. The molecule has 0 unspecified atom stereocenters. The summed E-state index contributed by atoms with van der Waals surface area (Å²) >= 11 is 0. The summed E-state index contributed by atoms with van der Waals surface area (Å²) in [7, 11) is 0. The minimum Gasteiger partial charge on any atom is -0.374 e. The van der Waals surface area contributed by atoms with Crippen molar-refractivity contribution < 1.29 is 4.74 Å². The number of allylic oxidation sites excluding steroid dienone is 1. The molecule has 0 aromatic carbocycles. The van der Waals surface area contributed by atoms with Gasteiger partial charge in [-0.15, -0.1) is 0 Å². The van der Waals surface area contributed by atoms with Crippen molar-refractivity contribution in [2.75, 3.05) is 6.61 Å². The number of hydrogen-bond donors (Lipinski definition) is 0. The maximum atomic E-state index is 8.65. The van der Waals surface area contributed by atoms with E-state index in [1.54, 1.807) is 0 Å². The second-order valence-electron chi connectivity index (χ2n) is 4.91. The van der Waals surface area contributed by atoms with Crippen LogP contribution in [-0.2, 0) is 4.74 Å². The predicted molar refractivity (Wildman–Crippen MR) is 65.8 cm³/mol. The largest absolute Gasteiger partial charge is 0.374 e. The summed E-state index contributed by atoms with van der Waals surface area (Å²) in [5.41, 5.74) is 0. The summed E-state index contributed by atoms with van der Waals surface area (Å²) in [6, 6.07) is 2.23. The van der Waals surface area contributed by atoms with E-state index in [1.807, 2.05) is 0 Å². The first-order chi connectivity index (χ1) is 7.69. The number of nitrogens with zero attached hydrogens (tertiary/aromatic N) is 1. The van der Waals surface area contributed by atoms with Crippen molar-refractivity contribution in [3.63, 3.8) is 0 Å². The molecule has 4 atom stereocenters. The Morgan fingerprint density at radius 2 is 2.31 bits per heavy atom. The predicted octanol–water partition coefficient (Wildman–Crippen LogP) is 3.54. The Balaban J connectivity index is 2.51. The van der Waals surface area contributed by atoms with Crippen LogP contribution in [0.25, 0.3) is 0 Å². The standard InChI is InChI=1S/C14H23NO/c1-4-11(2)7-8-14-13(6-5-9-15)12(3)10-16-14/h7-8,11-14H,4-6,10H2,1-3H3/b8-7+/t11-,12-,13-,14+/m0/s1. The average Bonchev–Trinajstić information content (AvgIpc) is 2.64. The quantitative estimate of drug-likeness (QED) is 0.665. The highest BCUT2D eigenvalue weighted by atomic mass is 16.5. The van der Waals surface area contributed by atoms with Gasteiger partial charge in [0.05, 0.1) is 18.8 Å². The Kier molecular flexibility index (Phi) is 5.55. The first kappa shape index (κ1) is 13.3. The summed E-state index contributed by atoms with van der Waals surface area (Å²) in [6.45, 7) is 7.48. The summed E-state index contributed by atoms with van der Waals surface area (Å²) in [6.07, 6.45) is 7.47. The summed E-state index contributed by atoms with van der Waals surface area (Å²) in [5.74, 6) is 1.73. The van der Waals surface area contributed by atoms with Crippen molar-refractivity contribution in [2.24, 2.45) is 17.8 Å². The monoisotopic (exact) mass is 221 g/mol. The lowest BCUT2D eigenvalue weighted by molar-refractivity contribution is 0.124. The molecule has 1 heterocycles. The first-order valence-corrected chi connectivity index (χ1v) is 6.35. The van der Waals surface area contributed by atoms with Gasteiger partial charge in [0.1, 0.15) is 0 Å². The molecule has 16 heavy (non-hydrogen) atoms. The van der Waals surface area contributed by atoms with E-state index in [4.69, 9.17) is 10.00 Å². The van der Waals surface area contributed by atoms with Gasteiger partial charge in [0.15, 0.2) is 0 Å². The number of hydrogen-bond acceptors (Lipinski definition) is 2. The van der Waals surface area contributed by atoms with Gasteiger partial charge in [-0.05, 0) is 24.2 Å². The molecular weight excluding hydrogens is 198 g/mol. The summed E-state index contributed by atoms with van der Waals surface area (Å²) in [5, 5.41) is 8.65. The zero-order valence-corrected chi connectivity index (χ0v) is 10.6. The molecular formula is C14H23NO. The molecule has 2 heteroatoms. The highest BCUT2D eigenvalue weighted by Crippen LogP contribution is 2.31. The molecule has 1 saturated heterocycles. The summed E-state index contributed by atoms with van der Waals surface area (Å²) in [4.78, 5) is 0. The van der Waals surface area contributed by atoms with Crippen LogP contribution in [0.4, 0.5) is 0 Å². The minimum atomic E-state index is 0.234. The van der Waals surface area contributed by atoms with Crippen LogP contribution in [0.1, 0.15) is 40.0 Å². The molecule has 1 aliphatic heterocycles. The Morgan fingerprint density at radius 1 is 1.56 bits per heavy atom. The number of ether oxygens (including phenoxy) is 1. The molecule has 2 nitrogen and oxygen atoms in total. The van der Waals surface area contributed by atoms with E-state index in [2.05, 4.69) is 39.0 Å². The van der Waals surface area contributed by atoms with Crippen molar-refractivity contribution in [3.8, 4) is 6.07 Å². The van der Waals surface area contributed by atoms with E-state index in [1.165, 1.54) is 6.42 Å². The van der Waals surface area contributed by atoms with Crippen LogP contribution < -0.4 is 0 Å². The molecule has 0 aliphatic carbocycles. The first-order valence-electron chi connectivity index (χ1n) is 6.35. The maximum Gasteiger partial charge on any atom is 0.0787 e. The molecule has 0 saturated carbocycles. The molecule has 0 radical (unpaired) electrons. The third-order valence-corrected chi connectivity index (χ3v) is 3.57. The average molecular weight is 221 g/mol. The number of rotatable bonds is 5. The molecule has 0 spiro atoms. The Bertz CT molecular complexity index is 266. The Hall–Kier alpha value is -0.810. The van der Waals surface area contributed by atoms with E-state index in [-0.39, 0.29) is 6.10 Å². The van der Waals surface area contributed by atoms with Gasteiger partial charge in [-0.3, -0.25) is 0 Å². The van der Waals surface area contributed by atoms with Gasteiger partial charge < -0.3 is 4.74 Å². The fourth-order valence-electron chi connectivity index (χ4n) is 2.15. The SMILES string of the molecule is CC[C@H](C)/C=C/[C@H]1OC[C@H](C)[C@@H]1CCC#N. The van der Waals surface area contributed by atoms with E-state index >= 15 is 0 Å². The Morgan fingerprint density at radius 3 is 2.94 bits per heavy atom. The third kappa shape index (κ3) is 3.64. The van der Waals surface area contributed by atoms with Gasteiger partial charge in [0.2, 0.25) is 0 Å². The molecule has 0 amide bonds. The zero-order chi connectivity index (χ0) is 12.0. The smallest absolute Gasteiger partial charge is 0.0787 e. The number of nitriles is 1. The van der Waals surface area contributed by atoms with Gasteiger partial charge >= 0.3 is 0 Å². The van der Waals surface area contributed by atoms with Crippen molar-refractivity contribution in [2.45, 2.75) is 46.1 Å². The molecule has 0 bridgehead atoms. The Labute approximate surface area is 99.3 Å². The highest BCUT2D eigenvalue weighted by molar-refractivity contribution is 4.99. The second kappa shape index (κ2) is 6.70. The van der Waals surface area contributed by atoms with Crippen LogP contribution in [0.3, 0.4) is 0 Å². The van der Waals surface area contributed by atoms with Gasteiger partial charge in [-0.25, -0.2) is 0 Å². The topological polar surface area (TPSA) is 33.0 Å². The third-order valence-electron chi connectivity index (χ3n) is 3.57. The van der Waals surface area contributed by atoms with Crippen LogP contribution in [0.5, 0.6) is 0 Å². The normalized spacial score (nSPS) is 31.8. The van der Waals surface area contributed by atoms with Gasteiger partial charge in [0, 0.05) is 6.42 Å². The molecule has 0 N–H and O–H groups in total. The van der Waals surface area contributed by atoms with Crippen molar-refractivity contribution >= 4 is 0 Å². The molecule has 90 valence electrons. The zero-order valence-electron chi connectivity index (χ0n) is 10.6. The van der Waals surface area contributed by atoms with E-state index in [0.717, 1.165) is 13.0 Å². The minimum absolute atomic E-state index is 0.234. The van der Waals surface area contributed by atoms with Crippen LogP contribution in [0, 0.1) is 29.1 Å². The fourth-order valence-corrected chi connectivity index (χ4v) is 2.15.